The van der Waals surface area contributed by atoms with Crippen LogP contribution >= 0.6 is 22.6 Å². The summed E-state index contributed by atoms with van der Waals surface area (Å²) in [4.78, 5) is 10.2. The molecule has 0 bridgehead atoms. The minimum Gasteiger partial charge on any atom is -0.496 e. The van der Waals surface area contributed by atoms with Gasteiger partial charge in [-0.05, 0) is 34.6 Å². The molecule has 0 aliphatic carbocycles. The molecule has 0 unspecified atom stereocenters. The Hall–Kier alpha value is -1.22. The first-order chi connectivity index (χ1) is 7.22. The van der Waals surface area contributed by atoms with Crippen molar-refractivity contribution in [3.8, 4) is 23.3 Å². The fourth-order valence-corrected chi connectivity index (χ4v) is 1.72. The molecule has 0 saturated heterocycles. The number of hydrogen-bond acceptors (Lipinski definition) is 3. The van der Waals surface area contributed by atoms with Gasteiger partial charge in [-0.1, -0.05) is 5.92 Å². The lowest BCUT2D eigenvalue weighted by Crippen LogP contribution is -1.93. The maximum atomic E-state index is 10.2. The average molecular weight is 316 g/mol. The van der Waals surface area contributed by atoms with Gasteiger partial charge in [-0.3, -0.25) is 4.79 Å². The lowest BCUT2D eigenvalue weighted by atomic mass is 10.2. The van der Waals surface area contributed by atoms with E-state index in [0.29, 0.717) is 23.3 Å². The predicted octanol–water partition coefficient (Wildman–Crippen LogP) is 1.86. The molecule has 0 radical (unpaired) electrons. The first kappa shape index (κ1) is 11.9. The molecular weight excluding hydrogens is 307 g/mol. The highest BCUT2D eigenvalue weighted by Gasteiger charge is 2.07. The van der Waals surface area contributed by atoms with Crippen LogP contribution in [0.15, 0.2) is 12.1 Å². The van der Waals surface area contributed by atoms with Crippen molar-refractivity contribution in [1.29, 1.82) is 0 Å². The SMILES string of the molecule is COc1cc(C#CC=O)c(OC)cc1I. The van der Waals surface area contributed by atoms with E-state index in [1.807, 2.05) is 6.07 Å². The highest BCUT2D eigenvalue weighted by atomic mass is 127. The third-order valence-corrected chi connectivity index (χ3v) is 2.58. The van der Waals surface area contributed by atoms with E-state index in [1.165, 1.54) is 0 Å². The summed E-state index contributed by atoms with van der Waals surface area (Å²) in [6.07, 6.45) is 0.546. The van der Waals surface area contributed by atoms with Crippen molar-refractivity contribution in [2.75, 3.05) is 14.2 Å². The van der Waals surface area contributed by atoms with Crippen molar-refractivity contribution in [3.63, 3.8) is 0 Å². The molecule has 0 atom stereocenters. The summed E-state index contributed by atoms with van der Waals surface area (Å²) in [5.74, 6) is 6.38. The molecule has 0 aliphatic rings. The van der Waals surface area contributed by atoms with Gasteiger partial charge >= 0.3 is 0 Å². The summed E-state index contributed by atoms with van der Waals surface area (Å²) in [5.41, 5.74) is 0.641. The molecule has 1 rings (SSSR count). The van der Waals surface area contributed by atoms with Gasteiger partial charge in [-0.2, -0.15) is 0 Å². The van der Waals surface area contributed by atoms with Crippen molar-refractivity contribution in [1.82, 2.24) is 0 Å². The van der Waals surface area contributed by atoms with Gasteiger partial charge in [-0.15, -0.1) is 0 Å². The Morgan fingerprint density at radius 1 is 1.27 bits per heavy atom. The van der Waals surface area contributed by atoms with Gasteiger partial charge < -0.3 is 9.47 Å². The molecule has 1 aromatic carbocycles. The van der Waals surface area contributed by atoms with E-state index in [2.05, 4.69) is 34.4 Å². The smallest absolute Gasteiger partial charge is 0.193 e. The van der Waals surface area contributed by atoms with E-state index < -0.39 is 0 Å². The maximum absolute atomic E-state index is 10.2. The second-order valence-electron chi connectivity index (χ2n) is 2.57. The highest BCUT2D eigenvalue weighted by molar-refractivity contribution is 14.1. The van der Waals surface area contributed by atoms with Crippen LogP contribution in [0.3, 0.4) is 0 Å². The number of benzene rings is 1. The molecule has 78 valence electrons. The quantitative estimate of drug-likeness (QED) is 0.475. The van der Waals surface area contributed by atoms with Crippen molar-refractivity contribution >= 4 is 28.9 Å². The van der Waals surface area contributed by atoms with Gasteiger partial charge in [0.1, 0.15) is 11.5 Å². The van der Waals surface area contributed by atoms with Gasteiger partial charge in [0.05, 0.1) is 23.4 Å². The fourth-order valence-electron chi connectivity index (χ4n) is 1.07. The number of ether oxygens (including phenoxy) is 2. The minimum atomic E-state index is 0.546. The van der Waals surface area contributed by atoms with Crippen LogP contribution in [0.1, 0.15) is 5.56 Å². The van der Waals surface area contributed by atoms with Crippen molar-refractivity contribution in [2.24, 2.45) is 0 Å². The Morgan fingerprint density at radius 2 is 1.93 bits per heavy atom. The predicted molar refractivity (Wildman–Crippen MR) is 65.2 cm³/mol. The summed E-state index contributed by atoms with van der Waals surface area (Å²) in [5, 5.41) is 0. The zero-order valence-corrected chi connectivity index (χ0v) is 10.5. The highest BCUT2D eigenvalue weighted by Crippen LogP contribution is 2.29. The molecule has 4 heteroatoms. The van der Waals surface area contributed by atoms with Crippen LogP contribution in [-0.2, 0) is 4.79 Å². The lowest BCUT2D eigenvalue weighted by molar-refractivity contribution is -0.103. The Kier molecular flexibility index (Phi) is 4.43. The molecule has 0 spiro atoms. The fraction of sp³-hybridized carbons (Fsp3) is 0.182. The molecule has 0 N–H and O–H groups in total. The third kappa shape index (κ3) is 2.86. The van der Waals surface area contributed by atoms with Gasteiger partial charge in [0, 0.05) is 6.07 Å². The van der Waals surface area contributed by atoms with E-state index in [-0.39, 0.29) is 0 Å². The van der Waals surface area contributed by atoms with E-state index in [9.17, 15) is 4.79 Å². The summed E-state index contributed by atoms with van der Waals surface area (Å²) in [7, 11) is 3.14. The summed E-state index contributed by atoms with van der Waals surface area (Å²) >= 11 is 2.14. The topological polar surface area (TPSA) is 35.5 Å². The van der Waals surface area contributed by atoms with Gasteiger partial charge in [-0.25, -0.2) is 0 Å². The normalized spacial score (nSPS) is 8.73. The summed E-state index contributed by atoms with van der Waals surface area (Å²) in [6, 6.07) is 3.56. The number of aldehydes is 1. The van der Waals surface area contributed by atoms with Crippen LogP contribution in [0, 0.1) is 15.4 Å². The molecule has 0 aromatic heterocycles. The number of halogens is 1. The molecule has 1 aromatic rings. The van der Waals surface area contributed by atoms with Crippen molar-refractivity contribution in [3.05, 3.63) is 21.3 Å². The number of carbonyl (C=O) groups is 1. The first-order valence-corrected chi connectivity index (χ1v) is 5.17. The van der Waals surface area contributed by atoms with E-state index in [4.69, 9.17) is 9.47 Å². The van der Waals surface area contributed by atoms with Gasteiger partial charge in [0.15, 0.2) is 6.29 Å². The summed E-state index contributed by atoms with van der Waals surface area (Å²) < 4.78 is 11.2. The largest absolute Gasteiger partial charge is 0.496 e. The Bertz CT molecular complexity index is 429. The molecule has 0 aliphatic heterocycles. The lowest BCUT2D eigenvalue weighted by Gasteiger charge is -2.08. The van der Waals surface area contributed by atoms with Crippen LogP contribution in [0.25, 0.3) is 0 Å². The standard InChI is InChI=1S/C11H9IO3/c1-14-10-7-9(12)11(15-2)6-8(10)4-3-5-13/h5-7H,1-2H3. The molecule has 0 fully saturated rings. The molecule has 3 nitrogen and oxygen atoms in total. The zero-order valence-electron chi connectivity index (χ0n) is 8.33. The van der Waals surface area contributed by atoms with Crippen LogP contribution in [0.2, 0.25) is 0 Å². The molecule has 0 amide bonds. The second kappa shape index (κ2) is 5.61. The third-order valence-electron chi connectivity index (χ3n) is 1.74. The van der Waals surface area contributed by atoms with E-state index in [0.717, 1.165) is 3.57 Å². The maximum Gasteiger partial charge on any atom is 0.193 e. The Balaban J connectivity index is 3.28. The number of rotatable bonds is 2. The molecule has 0 heterocycles. The molecule has 15 heavy (non-hydrogen) atoms. The average Bonchev–Trinajstić information content (AvgIpc) is 2.26. The van der Waals surface area contributed by atoms with Crippen LogP contribution in [-0.4, -0.2) is 20.5 Å². The number of hydrogen-bond donors (Lipinski definition) is 0. The van der Waals surface area contributed by atoms with Crippen molar-refractivity contribution in [2.45, 2.75) is 0 Å². The number of carbonyl (C=O) groups excluding carboxylic acids is 1. The van der Waals surface area contributed by atoms with Crippen LogP contribution in [0.5, 0.6) is 11.5 Å². The van der Waals surface area contributed by atoms with Crippen molar-refractivity contribution < 1.29 is 14.3 Å². The monoisotopic (exact) mass is 316 g/mol. The Labute approximate surface area is 102 Å². The van der Waals surface area contributed by atoms with Crippen LogP contribution in [0.4, 0.5) is 0 Å². The first-order valence-electron chi connectivity index (χ1n) is 4.09. The Morgan fingerprint density at radius 3 is 2.47 bits per heavy atom. The number of methoxy groups -OCH3 is 2. The summed E-state index contributed by atoms with van der Waals surface area (Å²) in [6.45, 7) is 0. The van der Waals surface area contributed by atoms with E-state index >= 15 is 0 Å². The van der Waals surface area contributed by atoms with Gasteiger partial charge in [0.25, 0.3) is 0 Å². The minimum absolute atomic E-state index is 0.546. The van der Waals surface area contributed by atoms with Gasteiger partial charge in [0.2, 0.25) is 0 Å². The molecule has 0 saturated carbocycles. The zero-order chi connectivity index (χ0) is 11.3. The van der Waals surface area contributed by atoms with E-state index in [1.54, 1.807) is 20.3 Å². The second-order valence-corrected chi connectivity index (χ2v) is 3.74. The van der Waals surface area contributed by atoms with Crippen LogP contribution < -0.4 is 9.47 Å². The molecular formula is C11H9IO3.